The van der Waals surface area contributed by atoms with E-state index in [-0.39, 0.29) is 12.3 Å². The zero-order valence-electron chi connectivity index (χ0n) is 9.43. The zero-order valence-corrected chi connectivity index (χ0v) is 9.43. The van der Waals surface area contributed by atoms with Gasteiger partial charge in [-0.05, 0) is 36.5 Å². The van der Waals surface area contributed by atoms with E-state index in [4.69, 9.17) is 5.73 Å². The van der Waals surface area contributed by atoms with Gasteiger partial charge in [-0.3, -0.25) is 0 Å². The molecule has 16 heavy (non-hydrogen) atoms. The van der Waals surface area contributed by atoms with Gasteiger partial charge in [0.15, 0.2) is 0 Å². The molecule has 0 spiro atoms. The van der Waals surface area contributed by atoms with Gasteiger partial charge in [0.25, 0.3) is 0 Å². The van der Waals surface area contributed by atoms with E-state index in [0.717, 1.165) is 11.1 Å². The first-order valence-electron chi connectivity index (χ1n) is 5.22. The third-order valence-electron chi connectivity index (χ3n) is 2.63. The van der Waals surface area contributed by atoms with Crippen molar-refractivity contribution in [2.75, 3.05) is 5.73 Å². The first-order valence-corrected chi connectivity index (χ1v) is 5.22. The Balaban J connectivity index is 2.70. The SMILES string of the molecule is Cc1ccc(C(C)CCC(F)(F)F)c(N)c1. The number of nitrogen functional groups attached to an aromatic ring is 1. The molecule has 0 saturated carbocycles. The van der Waals surface area contributed by atoms with Crippen molar-refractivity contribution in [2.24, 2.45) is 0 Å². The van der Waals surface area contributed by atoms with Gasteiger partial charge in [0.2, 0.25) is 0 Å². The van der Waals surface area contributed by atoms with Crippen LogP contribution in [0.3, 0.4) is 0 Å². The molecular formula is C12H16F3N. The molecule has 0 fully saturated rings. The molecule has 0 bridgehead atoms. The molecule has 0 amide bonds. The molecule has 1 nitrogen and oxygen atoms in total. The van der Waals surface area contributed by atoms with Gasteiger partial charge in [-0.15, -0.1) is 0 Å². The Morgan fingerprint density at radius 1 is 1.31 bits per heavy atom. The number of hydrogen-bond donors (Lipinski definition) is 1. The van der Waals surface area contributed by atoms with Crippen molar-refractivity contribution in [3.05, 3.63) is 29.3 Å². The Labute approximate surface area is 93.5 Å². The van der Waals surface area contributed by atoms with E-state index >= 15 is 0 Å². The first kappa shape index (κ1) is 12.9. The number of benzene rings is 1. The lowest BCUT2D eigenvalue weighted by molar-refractivity contribution is -0.136. The molecule has 1 aromatic rings. The van der Waals surface area contributed by atoms with Crippen LogP contribution in [0.5, 0.6) is 0 Å². The van der Waals surface area contributed by atoms with E-state index in [2.05, 4.69) is 0 Å². The second-order valence-corrected chi connectivity index (χ2v) is 4.19. The summed E-state index contributed by atoms with van der Waals surface area (Å²) < 4.78 is 36.2. The van der Waals surface area contributed by atoms with Gasteiger partial charge < -0.3 is 5.73 Å². The van der Waals surface area contributed by atoms with Crippen molar-refractivity contribution in [2.45, 2.75) is 38.8 Å². The molecule has 0 heterocycles. The minimum absolute atomic E-state index is 0.0801. The molecule has 90 valence electrons. The summed E-state index contributed by atoms with van der Waals surface area (Å²) in [6.07, 6.45) is -4.77. The summed E-state index contributed by atoms with van der Waals surface area (Å²) in [5.74, 6) is -0.165. The highest BCUT2D eigenvalue weighted by Crippen LogP contribution is 2.31. The summed E-state index contributed by atoms with van der Waals surface area (Å²) in [6, 6.07) is 5.47. The highest BCUT2D eigenvalue weighted by molar-refractivity contribution is 5.50. The van der Waals surface area contributed by atoms with Crippen molar-refractivity contribution in [3.63, 3.8) is 0 Å². The predicted molar refractivity (Wildman–Crippen MR) is 59.3 cm³/mol. The summed E-state index contributed by atoms with van der Waals surface area (Å²) >= 11 is 0. The second kappa shape index (κ2) is 4.76. The summed E-state index contributed by atoms with van der Waals surface area (Å²) in [6.45, 7) is 3.67. The van der Waals surface area contributed by atoms with Crippen LogP contribution in [0.2, 0.25) is 0 Å². The third kappa shape index (κ3) is 3.76. The highest BCUT2D eigenvalue weighted by Gasteiger charge is 2.27. The van der Waals surface area contributed by atoms with E-state index < -0.39 is 12.6 Å². The monoisotopic (exact) mass is 231 g/mol. The number of aryl methyl sites for hydroxylation is 1. The van der Waals surface area contributed by atoms with Crippen molar-refractivity contribution < 1.29 is 13.2 Å². The van der Waals surface area contributed by atoms with Crippen molar-refractivity contribution >= 4 is 5.69 Å². The van der Waals surface area contributed by atoms with Crippen LogP contribution in [0.1, 0.15) is 36.8 Å². The largest absolute Gasteiger partial charge is 0.398 e. The van der Waals surface area contributed by atoms with E-state index in [0.29, 0.717) is 5.69 Å². The summed E-state index contributed by atoms with van der Waals surface area (Å²) in [5, 5.41) is 0. The Morgan fingerprint density at radius 2 is 1.94 bits per heavy atom. The average molecular weight is 231 g/mol. The third-order valence-corrected chi connectivity index (χ3v) is 2.63. The van der Waals surface area contributed by atoms with Crippen LogP contribution >= 0.6 is 0 Å². The molecule has 1 atom stereocenters. The fraction of sp³-hybridized carbons (Fsp3) is 0.500. The fourth-order valence-corrected chi connectivity index (χ4v) is 1.68. The number of rotatable bonds is 3. The fourth-order valence-electron chi connectivity index (χ4n) is 1.68. The lowest BCUT2D eigenvalue weighted by Crippen LogP contribution is -2.09. The molecule has 0 aliphatic heterocycles. The number of alkyl halides is 3. The minimum atomic E-state index is -4.09. The molecule has 0 aliphatic rings. The maximum atomic E-state index is 12.1. The van der Waals surface area contributed by atoms with Gasteiger partial charge in [0.05, 0.1) is 0 Å². The first-order chi connectivity index (χ1) is 7.29. The second-order valence-electron chi connectivity index (χ2n) is 4.19. The number of anilines is 1. The van der Waals surface area contributed by atoms with Crippen LogP contribution in [0.25, 0.3) is 0 Å². The Kier molecular flexibility index (Phi) is 3.83. The quantitative estimate of drug-likeness (QED) is 0.781. The van der Waals surface area contributed by atoms with Gasteiger partial charge in [-0.2, -0.15) is 13.2 Å². The van der Waals surface area contributed by atoms with Crippen LogP contribution in [0, 0.1) is 6.92 Å². The van der Waals surface area contributed by atoms with Gasteiger partial charge in [-0.1, -0.05) is 19.1 Å². The maximum absolute atomic E-state index is 12.1. The summed E-state index contributed by atoms with van der Waals surface area (Å²) in [5.41, 5.74) is 8.18. The van der Waals surface area contributed by atoms with Gasteiger partial charge >= 0.3 is 6.18 Å². The van der Waals surface area contributed by atoms with Crippen molar-refractivity contribution in [1.82, 2.24) is 0 Å². The molecule has 1 aromatic carbocycles. The van der Waals surface area contributed by atoms with E-state index in [1.54, 1.807) is 13.0 Å². The molecule has 0 saturated heterocycles. The zero-order chi connectivity index (χ0) is 12.3. The van der Waals surface area contributed by atoms with E-state index in [1.165, 1.54) is 0 Å². The van der Waals surface area contributed by atoms with Crippen LogP contribution in [-0.4, -0.2) is 6.18 Å². The number of hydrogen-bond acceptors (Lipinski definition) is 1. The molecule has 2 N–H and O–H groups in total. The van der Waals surface area contributed by atoms with E-state index in [1.807, 2.05) is 19.1 Å². The molecular weight excluding hydrogens is 215 g/mol. The van der Waals surface area contributed by atoms with E-state index in [9.17, 15) is 13.2 Å². The van der Waals surface area contributed by atoms with Crippen molar-refractivity contribution in [3.8, 4) is 0 Å². The summed E-state index contributed by atoms with van der Waals surface area (Å²) in [7, 11) is 0. The van der Waals surface area contributed by atoms with Crippen LogP contribution < -0.4 is 5.73 Å². The minimum Gasteiger partial charge on any atom is -0.398 e. The normalized spacial score (nSPS) is 13.8. The average Bonchev–Trinajstić information content (AvgIpc) is 2.13. The van der Waals surface area contributed by atoms with Crippen LogP contribution in [-0.2, 0) is 0 Å². The predicted octanol–water partition coefficient (Wildman–Crippen LogP) is 4.02. The lowest BCUT2D eigenvalue weighted by Gasteiger charge is -2.15. The lowest BCUT2D eigenvalue weighted by atomic mass is 9.94. The molecule has 1 unspecified atom stereocenters. The molecule has 0 radical (unpaired) electrons. The smallest absolute Gasteiger partial charge is 0.389 e. The van der Waals surface area contributed by atoms with Gasteiger partial charge in [0, 0.05) is 12.1 Å². The number of nitrogens with two attached hydrogens (primary N) is 1. The molecule has 0 aliphatic carbocycles. The standard InChI is InChI=1S/C12H16F3N/c1-8-3-4-10(11(16)7-8)9(2)5-6-12(13,14)15/h3-4,7,9H,5-6,16H2,1-2H3. The highest BCUT2D eigenvalue weighted by atomic mass is 19.4. The van der Waals surface area contributed by atoms with Gasteiger partial charge in [-0.25, -0.2) is 0 Å². The molecule has 1 rings (SSSR count). The topological polar surface area (TPSA) is 26.0 Å². The molecule has 4 heteroatoms. The maximum Gasteiger partial charge on any atom is 0.389 e. The Hall–Kier alpha value is -1.19. The molecule has 0 aromatic heterocycles. The van der Waals surface area contributed by atoms with Gasteiger partial charge in [0.1, 0.15) is 0 Å². The number of halogens is 3. The Bertz CT molecular complexity index is 358. The van der Waals surface area contributed by atoms with Crippen molar-refractivity contribution in [1.29, 1.82) is 0 Å². The van der Waals surface area contributed by atoms with Crippen LogP contribution in [0.15, 0.2) is 18.2 Å². The summed E-state index contributed by atoms with van der Waals surface area (Å²) in [4.78, 5) is 0. The Morgan fingerprint density at radius 3 is 2.44 bits per heavy atom. The van der Waals surface area contributed by atoms with Crippen LogP contribution in [0.4, 0.5) is 18.9 Å².